The van der Waals surface area contributed by atoms with Gasteiger partial charge in [0.15, 0.2) is 0 Å². The molecule has 0 aliphatic heterocycles. The summed E-state index contributed by atoms with van der Waals surface area (Å²) in [5.41, 5.74) is 0.783. The van der Waals surface area contributed by atoms with Gasteiger partial charge >= 0.3 is 5.97 Å². The molecule has 1 unspecified atom stereocenters. The molecule has 5 nitrogen and oxygen atoms in total. The summed E-state index contributed by atoms with van der Waals surface area (Å²) in [6, 6.07) is 8.57. The number of hydrogen-bond acceptors (Lipinski definition) is 3. The first-order chi connectivity index (χ1) is 9.65. The molecule has 1 amide bonds. The number of hydrogen-bond donors (Lipinski definition) is 2. The molecule has 0 bridgehead atoms. The molecule has 2 N–H and O–H groups in total. The molecule has 0 heterocycles. The molecule has 0 radical (unpaired) electrons. The molecule has 0 saturated heterocycles. The van der Waals surface area contributed by atoms with Crippen LogP contribution in [0.25, 0.3) is 0 Å². The number of aliphatic carboxylic acids is 1. The van der Waals surface area contributed by atoms with Gasteiger partial charge in [-0.3, -0.25) is 9.59 Å². The Bertz CT molecular complexity index is 456. The van der Waals surface area contributed by atoms with E-state index >= 15 is 0 Å². The van der Waals surface area contributed by atoms with E-state index in [2.05, 4.69) is 5.32 Å². The standard InChI is InChI=1S/C15H19NO4/c17-14(10-20-9-11-6-7-11)16-13(8-15(18)19)12-4-2-1-3-5-12/h1-5,11,13H,6-10H2,(H,16,17)(H,18,19). The van der Waals surface area contributed by atoms with Crippen LogP contribution in [0.3, 0.4) is 0 Å². The second-order valence-corrected chi connectivity index (χ2v) is 5.09. The maximum absolute atomic E-state index is 11.8. The van der Waals surface area contributed by atoms with Gasteiger partial charge in [0, 0.05) is 0 Å². The van der Waals surface area contributed by atoms with E-state index in [4.69, 9.17) is 9.84 Å². The third-order valence-corrected chi connectivity index (χ3v) is 3.20. The van der Waals surface area contributed by atoms with Crippen molar-refractivity contribution in [2.75, 3.05) is 13.2 Å². The number of carboxylic acids is 1. The van der Waals surface area contributed by atoms with E-state index < -0.39 is 12.0 Å². The number of carboxylic acid groups (broad SMARTS) is 1. The third-order valence-electron chi connectivity index (χ3n) is 3.20. The fraction of sp³-hybridized carbons (Fsp3) is 0.467. The van der Waals surface area contributed by atoms with Crippen molar-refractivity contribution in [1.29, 1.82) is 0 Å². The maximum atomic E-state index is 11.8. The Morgan fingerprint density at radius 2 is 2.00 bits per heavy atom. The summed E-state index contributed by atoms with van der Waals surface area (Å²) < 4.78 is 5.30. The van der Waals surface area contributed by atoms with Crippen LogP contribution in [-0.2, 0) is 14.3 Å². The number of amides is 1. The monoisotopic (exact) mass is 277 g/mol. The van der Waals surface area contributed by atoms with Crippen LogP contribution in [0.5, 0.6) is 0 Å². The number of rotatable bonds is 8. The summed E-state index contributed by atoms with van der Waals surface area (Å²) in [5.74, 6) is -0.620. The van der Waals surface area contributed by atoms with E-state index in [1.165, 1.54) is 12.8 Å². The van der Waals surface area contributed by atoms with Gasteiger partial charge in [0.1, 0.15) is 6.61 Å². The third kappa shape index (κ3) is 5.01. The molecule has 1 aromatic rings. The number of carbonyl (C=O) groups is 2. The van der Waals surface area contributed by atoms with Gasteiger partial charge in [0.05, 0.1) is 19.1 Å². The topological polar surface area (TPSA) is 75.6 Å². The Morgan fingerprint density at radius 3 is 2.60 bits per heavy atom. The van der Waals surface area contributed by atoms with E-state index in [9.17, 15) is 9.59 Å². The summed E-state index contributed by atoms with van der Waals surface area (Å²) in [6.45, 7) is 0.599. The summed E-state index contributed by atoms with van der Waals surface area (Å²) in [5, 5.41) is 11.6. The highest BCUT2D eigenvalue weighted by molar-refractivity contribution is 5.78. The van der Waals surface area contributed by atoms with Gasteiger partial charge in [-0.2, -0.15) is 0 Å². The van der Waals surface area contributed by atoms with Crippen molar-refractivity contribution < 1.29 is 19.4 Å². The fourth-order valence-electron chi connectivity index (χ4n) is 1.95. The molecule has 20 heavy (non-hydrogen) atoms. The first kappa shape index (κ1) is 14.5. The van der Waals surface area contributed by atoms with Crippen LogP contribution in [0.1, 0.15) is 30.9 Å². The van der Waals surface area contributed by atoms with Crippen molar-refractivity contribution in [3.8, 4) is 0 Å². The average molecular weight is 277 g/mol. The fourth-order valence-corrected chi connectivity index (χ4v) is 1.95. The molecular weight excluding hydrogens is 258 g/mol. The van der Waals surface area contributed by atoms with Crippen LogP contribution in [0.4, 0.5) is 0 Å². The van der Waals surface area contributed by atoms with Gasteiger partial charge in [-0.05, 0) is 24.3 Å². The minimum atomic E-state index is -0.946. The lowest BCUT2D eigenvalue weighted by Gasteiger charge is -2.17. The molecule has 1 atom stereocenters. The molecule has 0 spiro atoms. The van der Waals surface area contributed by atoms with Crippen molar-refractivity contribution in [2.24, 2.45) is 5.92 Å². The first-order valence-corrected chi connectivity index (χ1v) is 6.79. The molecule has 5 heteroatoms. The smallest absolute Gasteiger partial charge is 0.305 e. The molecular formula is C15H19NO4. The number of carbonyl (C=O) groups excluding carboxylic acids is 1. The predicted octanol–water partition coefficient (Wildman–Crippen LogP) is 1.75. The predicted molar refractivity (Wildman–Crippen MR) is 73.1 cm³/mol. The first-order valence-electron chi connectivity index (χ1n) is 6.79. The highest BCUT2D eigenvalue weighted by atomic mass is 16.5. The number of nitrogens with one attached hydrogen (secondary N) is 1. The summed E-state index contributed by atoms with van der Waals surface area (Å²) in [7, 11) is 0. The van der Waals surface area contributed by atoms with Gasteiger partial charge in [-0.1, -0.05) is 30.3 Å². The zero-order valence-corrected chi connectivity index (χ0v) is 11.2. The van der Waals surface area contributed by atoms with Crippen LogP contribution in [0, 0.1) is 5.92 Å². The largest absolute Gasteiger partial charge is 0.481 e. The zero-order valence-electron chi connectivity index (χ0n) is 11.2. The second-order valence-electron chi connectivity index (χ2n) is 5.09. The molecule has 1 saturated carbocycles. The Balaban J connectivity index is 1.85. The molecule has 2 rings (SSSR count). The minimum Gasteiger partial charge on any atom is -0.481 e. The van der Waals surface area contributed by atoms with E-state index in [-0.39, 0.29) is 18.9 Å². The maximum Gasteiger partial charge on any atom is 0.305 e. The van der Waals surface area contributed by atoms with Crippen molar-refractivity contribution in [3.63, 3.8) is 0 Å². The van der Waals surface area contributed by atoms with E-state index in [1.54, 1.807) is 12.1 Å². The Labute approximate surface area is 117 Å². The summed E-state index contributed by atoms with van der Waals surface area (Å²) >= 11 is 0. The lowest BCUT2D eigenvalue weighted by atomic mass is 10.0. The molecule has 1 fully saturated rings. The van der Waals surface area contributed by atoms with Crippen LogP contribution >= 0.6 is 0 Å². The van der Waals surface area contributed by atoms with Gasteiger partial charge in [-0.25, -0.2) is 0 Å². The lowest BCUT2D eigenvalue weighted by molar-refractivity contribution is -0.138. The molecule has 108 valence electrons. The van der Waals surface area contributed by atoms with E-state index in [0.717, 1.165) is 5.56 Å². The van der Waals surface area contributed by atoms with Crippen molar-refractivity contribution in [3.05, 3.63) is 35.9 Å². The summed E-state index contributed by atoms with van der Waals surface area (Å²) in [4.78, 5) is 22.7. The van der Waals surface area contributed by atoms with Crippen LogP contribution in [0.2, 0.25) is 0 Å². The lowest BCUT2D eigenvalue weighted by Crippen LogP contribution is -2.33. The second kappa shape index (κ2) is 7.05. The van der Waals surface area contributed by atoms with Crippen LogP contribution < -0.4 is 5.32 Å². The van der Waals surface area contributed by atoms with Crippen LogP contribution in [-0.4, -0.2) is 30.2 Å². The minimum absolute atomic E-state index is 0.0144. The normalized spacial score (nSPS) is 15.6. The molecule has 1 aromatic carbocycles. The van der Waals surface area contributed by atoms with Gasteiger partial charge < -0.3 is 15.2 Å². The van der Waals surface area contributed by atoms with E-state index in [0.29, 0.717) is 12.5 Å². The average Bonchev–Trinajstić information content (AvgIpc) is 3.23. The molecule has 1 aliphatic rings. The quantitative estimate of drug-likeness (QED) is 0.759. The van der Waals surface area contributed by atoms with Gasteiger partial charge in [0.2, 0.25) is 5.91 Å². The Hall–Kier alpha value is -1.88. The highest BCUT2D eigenvalue weighted by Gasteiger charge is 2.22. The van der Waals surface area contributed by atoms with Gasteiger partial charge in [-0.15, -0.1) is 0 Å². The summed E-state index contributed by atoms with van der Waals surface area (Å²) in [6.07, 6.45) is 2.21. The van der Waals surface area contributed by atoms with Crippen molar-refractivity contribution in [1.82, 2.24) is 5.32 Å². The zero-order chi connectivity index (χ0) is 14.4. The SMILES string of the molecule is O=C(O)CC(NC(=O)COCC1CC1)c1ccccc1. The van der Waals surface area contributed by atoms with Gasteiger partial charge in [0.25, 0.3) is 0 Å². The highest BCUT2D eigenvalue weighted by Crippen LogP contribution is 2.28. The van der Waals surface area contributed by atoms with Crippen molar-refractivity contribution >= 4 is 11.9 Å². The van der Waals surface area contributed by atoms with Crippen molar-refractivity contribution in [2.45, 2.75) is 25.3 Å². The molecule has 1 aliphatic carbocycles. The van der Waals surface area contributed by atoms with Crippen LogP contribution in [0.15, 0.2) is 30.3 Å². The number of ether oxygens (including phenoxy) is 1. The Kier molecular flexibility index (Phi) is 5.12. The van der Waals surface area contributed by atoms with E-state index in [1.807, 2.05) is 18.2 Å². The molecule has 0 aromatic heterocycles. The Morgan fingerprint density at radius 1 is 1.30 bits per heavy atom. The number of benzene rings is 1.